The fourth-order valence-electron chi connectivity index (χ4n) is 2.30. The first-order chi connectivity index (χ1) is 9.88. The molecule has 116 valence electrons. The fourth-order valence-corrected chi connectivity index (χ4v) is 2.30. The lowest BCUT2D eigenvalue weighted by Gasteiger charge is -2.32. The number of hydrogen-bond acceptors (Lipinski definition) is 3. The number of halogens is 3. The average Bonchev–Trinajstić information content (AvgIpc) is 2.45. The van der Waals surface area contributed by atoms with E-state index in [2.05, 4.69) is 0 Å². The minimum absolute atomic E-state index is 0.0529. The lowest BCUT2D eigenvalue weighted by molar-refractivity contribution is -0.186. The van der Waals surface area contributed by atoms with E-state index in [1.165, 1.54) is 4.90 Å². The van der Waals surface area contributed by atoms with Crippen LogP contribution in [0.5, 0.6) is 5.75 Å². The molecular weight excluding hydrogens is 285 g/mol. The number of carbonyl (C=O) groups is 1. The maximum Gasteiger partial charge on any atom is 0.391 e. The Morgan fingerprint density at radius 3 is 2.48 bits per heavy atom. The van der Waals surface area contributed by atoms with Gasteiger partial charge in [-0.05, 0) is 25.0 Å². The normalized spacial score (nSPS) is 16.8. The summed E-state index contributed by atoms with van der Waals surface area (Å²) in [5.41, 5.74) is 6.09. The van der Waals surface area contributed by atoms with Crippen LogP contribution < -0.4 is 10.5 Å². The van der Waals surface area contributed by atoms with Crippen molar-refractivity contribution in [3.05, 3.63) is 24.3 Å². The molecule has 1 aromatic carbocycles. The van der Waals surface area contributed by atoms with E-state index in [0.717, 1.165) is 0 Å². The smallest absolute Gasteiger partial charge is 0.391 e. The van der Waals surface area contributed by atoms with Gasteiger partial charge in [-0.15, -0.1) is 0 Å². The second-order valence-corrected chi connectivity index (χ2v) is 5.02. The highest BCUT2D eigenvalue weighted by Crippen LogP contribution is 2.34. The monoisotopic (exact) mass is 302 g/mol. The molecule has 0 radical (unpaired) electrons. The van der Waals surface area contributed by atoms with E-state index in [-0.39, 0.29) is 38.4 Å². The molecule has 0 aromatic heterocycles. The summed E-state index contributed by atoms with van der Waals surface area (Å²) in [6.45, 7) is -0.00180. The Kier molecular flexibility index (Phi) is 4.59. The number of hydrogen-bond donors (Lipinski definition) is 1. The van der Waals surface area contributed by atoms with Crippen molar-refractivity contribution in [1.29, 1.82) is 0 Å². The minimum Gasteiger partial charge on any atom is -0.482 e. The van der Waals surface area contributed by atoms with Crippen molar-refractivity contribution in [2.24, 2.45) is 5.92 Å². The third-order valence-corrected chi connectivity index (χ3v) is 3.58. The summed E-state index contributed by atoms with van der Waals surface area (Å²) >= 11 is 0. The van der Waals surface area contributed by atoms with E-state index in [0.29, 0.717) is 11.4 Å². The van der Waals surface area contributed by atoms with Gasteiger partial charge >= 0.3 is 6.18 Å². The van der Waals surface area contributed by atoms with E-state index in [1.54, 1.807) is 24.3 Å². The molecule has 2 N–H and O–H groups in total. The Morgan fingerprint density at radius 1 is 1.29 bits per heavy atom. The lowest BCUT2D eigenvalue weighted by Crippen LogP contribution is -2.43. The molecule has 1 aromatic rings. The molecule has 21 heavy (non-hydrogen) atoms. The van der Waals surface area contributed by atoms with E-state index >= 15 is 0 Å². The number of anilines is 1. The molecule has 1 fully saturated rings. The van der Waals surface area contributed by atoms with E-state index in [9.17, 15) is 18.0 Å². The second kappa shape index (κ2) is 6.24. The molecule has 0 unspecified atom stereocenters. The number of likely N-dealkylation sites (tertiary alicyclic amines) is 1. The maximum atomic E-state index is 12.5. The minimum atomic E-state index is -4.18. The van der Waals surface area contributed by atoms with E-state index in [4.69, 9.17) is 10.5 Å². The molecule has 0 bridgehead atoms. The third kappa shape index (κ3) is 4.03. The standard InChI is InChI=1S/C14H17F3N2O2/c15-14(16,17)10-5-7-19(8-6-10)13(20)9-21-12-4-2-1-3-11(12)18/h1-4,10H,5-9,18H2. The highest BCUT2D eigenvalue weighted by Gasteiger charge is 2.41. The molecule has 1 amide bonds. The molecule has 1 heterocycles. The first kappa shape index (κ1) is 15.5. The van der Waals surface area contributed by atoms with Crippen LogP contribution in [-0.2, 0) is 4.79 Å². The van der Waals surface area contributed by atoms with Crippen LogP contribution in [-0.4, -0.2) is 36.7 Å². The van der Waals surface area contributed by atoms with Crippen LogP contribution in [0, 0.1) is 5.92 Å². The second-order valence-electron chi connectivity index (χ2n) is 5.02. The summed E-state index contributed by atoms with van der Waals surface area (Å²) < 4.78 is 42.9. The van der Waals surface area contributed by atoms with Gasteiger partial charge < -0.3 is 15.4 Å². The quantitative estimate of drug-likeness (QED) is 0.873. The largest absolute Gasteiger partial charge is 0.482 e. The first-order valence-corrected chi connectivity index (χ1v) is 6.69. The third-order valence-electron chi connectivity index (χ3n) is 3.58. The number of para-hydroxylation sites is 2. The van der Waals surface area contributed by atoms with Crippen LogP contribution in [0.4, 0.5) is 18.9 Å². The van der Waals surface area contributed by atoms with Gasteiger partial charge in [0, 0.05) is 13.1 Å². The molecule has 4 nitrogen and oxygen atoms in total. The molecular formula is C14H17F3N2O2. The van der Waals surface area contributed by atoms with Crippen LogP contribution in [0.15, 0.2) is 24.3 Å². The summed E-state index contributed by atoms with van der Waals surface area (Å²) in [6, 6.07) is 6.75. The van der Waals surface area contributed by atoms with Crippen molar-refractivity contribution < 1.29 is 22.7 Å². The number of nitrogens with zero attached hydrogens (tertiary/aromatic N) is 1. The Hall–Kier alpha value is -1.92. The Labute approximate surface area is 120 Å². The number of nitrogens with two attached hydrogens (primary N) is 1. The summed E-state index contributed by atoms with van der Waals surface area (Å²) in [5, 5.41) is 0. The van der Waals surface area contributed by atoms with Crippen LogP contribution >= 0.6 is 0 Å². The van der Waals surface area contributed by atoms with Crippen LogP contribution in [0.3, 0.4) is 0 Å². The lowest BCUT2D eigenvalue weighted by atomic mass is 9.96. The molecule has 1 aliphatic heterocycles. The maximum absolute atomic E-state index is 12.5. The van der Waals surface area contributed by atoms with Gasteiger partial charge in [-0.3, -0.25) is 4.79 Å². The molecule has 1 aliphatic rings. The van der Waals surface area contributed by atoms with Crippen molar-refractivity contribution in [2.45, 2.75) is 19.0 Å². The molecule has 7 heteroatoms. The number of amides is 1. The highest BCUT2D eigenvalue weighted by atomic mass is 19.4. The van der Waals surface area contributed by atoms with Crippen LogP contribution in [0.1, 0.15) is 12.8 Å². The Bertz CT molecular complexity index is 497. The fraction of sp³-hybridized carbons (Fsp3) is 0.500. The zero-order chi connectivity index (χ0) is 15.5. The van der Waals surface area contributed by atoms with Gasteiger partial charge in [-0.1, -0.05) is 12.1 Å². The summed E-state index contributed by atoms with van der Waals surface area (Å²) in [4.78, 5) is 13.3. The van der Waals surface area contributed by atoms with Crippen molar-refractivity contribution in [1.82, 2.24) is 4.90 Å². The Balaban J connectivity index is 1.82. The van der Waals surface area contributed by atoms with Crippen molar-refractivity contribution in [2.75, 3.05) is 25.4 Å². The van der Waals surface area contributed by atoms with Gasteiger partial charge in [0.2, 0.25) is 0 Å². The number of ether oxygens (including phenoxy) is 1. The molecule has 0 atom stereocenters. The van der Waals surface area contributed by atoms with Gasteiger partial charge in [0.15, 0.2) is 6.61 Å². The van der Waals surface area contributed by atoms with Gasteiger partial charge in [0.1, 0.15) is 5.75 Å². The van der Waals surface area contributed by atoms with Gasteiger partial charge in [0.25, 0.3) is 5.91 Å². The number of nitrogen functional groups attached to an aromatic ring is 1. The SMILES string of the molecule is Nc1ccccc1OCC(=O)N1CCC(C(F)(F)F)CC1. The number of rotatable bonds is 3. The Morgan fingerprint density at radius 2 is 1.90 bits per heavy atom. The predicted molar refractivity (Wildman–Crippen MR) is 71.7 cm³/mol. The topological polar surface area (TPSA) is 55.6 Å². The highest BCUT2D eigenvalue weighted by molar-refractivity contribution is 5.78. The zero-order valence-corrected chi connectivity index (χ0v) is 11.4. The van der Waals surface area contributed by atoms with Crippen LogP contribution in [0.25, 0.3) is 0 Å². The number of benzene rings is 1. The molecule has 1 saturated heterocycles. The molecule has 0 saturated carbocycles. The summed E-state index contributed by atoms with van der Waals surface area (Å²) in [7, 11) is 0. The van der Waals surface area contributed by atoms with E-state index < -0.39 is 12.1 Å². The van der Waals surface area contributed by atoms with Crippen molar-refractivity contribution in [3.8, 4) is 5.75 Å². The van der Waals surface area contributed by atoms with Crippen molar-refractivity contribution >= 4 is 11.6 Å². The number of alkyl halides is 3. The summed E-state index contributed by atoms with van der Waals surface area (Å²) in [5.74, 6) is -1.23. The molecule has 0 aliphatic carbocycles. The predicted octanol–water partition coefficient (Wildman–Crippen LogP) is 2.45. The van der Waals surface area contributed by atoms with Crippen molar-refractivity contribution in [3.63, 3.8) is 0 Å². The van der Waals surface area contributed by atoms with Gasteiger partial charge in [-0.25, -0.2) is 0 Å². The summed E-state index contributed by atoms with van der Waals surface area (Å²) in [6.07, 6.45) is -4.28. The van der Waals surface area contributed by atoms with Gasteiger partial charge in [-0.2, -0.15) is 13.2 Å². The molecule has 2 rings (SSSR count). The van der Waals surface area contributed by atoms with Crippen LogP contribution in [0.2, 0.25) is 0 Å². The molecule has 0 spiro atoms. The average molecular weight is 302 g/mol. The van der Waals surface area contributed by atoms with E-state index in [1.807, 2.05) is 0 Å². The first-order valence-electron chi connectivity index (χ1n) is 6.69. The zero-order valence-electron chi connectivity index (χ0n) is 11.4. The van der Waals surface area contributed by atoms with Gasteiger partial charge in [0.05, 0.1) is 11.6 Å². The number of carbonyl (C=O) groups excluding carboxylic acids is 1. The number of piperidine rings is 1.